The predicted octanol–water partition coefficient (Wildman–Crippen LogP) is 9.40. The molecule has 2 heteroatoms. The zero-order chi connectivity index (χ0) is 26.0. The van der Waals surface area contributed by atoms with Crippen molar-refractivity contribution >= 4 is 17.1 Å². The molecular formula is C35H49NO. The number of likely N-dealkylation sites (N-methyl/N-ethyl adjacent to an activating group) is 1. The van der Waals surface area contributed by atoms with E-state index in [0.29, 0.717) is 0 Å². The minimum absolute atomic E-state index is 0. The van der Waals surface area contributed by atoms with E-state index in [2.05, 4.69) is 84.1 Å². The van der Waals surface area contributed by atoms with E-state index in [9.17, 15) is 4.79 Å². The van der Waals surface area contributed by atoms with Crippen LogP contribution >= 0.6 is 0 Å². The Kier molecular flexibility index (Phi) is 9.27. The van der Waals surface area contributed by atoms with Crippen LogP contribution in [0.25, 0.3) is 11.1 Å². The molecule has 200 valence electrons. The highest BCUT2D eigenvalue weighted by molar-refractivity contribution is 6.04. The molecule has 3 aliphatic carbocycles. The highest BCUT2D eigenvalue weighted by Gasteiger charge is 2.37. The van der Waals surface area contributed by atoms with Crippen molar-refractivity contribution in [3.63, 3.8) is 0 Å². The summed E-state index contributed by atoms with van der Waals surface area (Å²) >= 11 is 0. The first-order valence-electron chi connectivity index (χ1n) is 14.1. The fourth-order valence-electron chi connectivity index (χ4n) is 5.91. The fraction of sp³-hybridized carbons (Fsp3) is 0.514. The number of benzene rings is 1. The molecule has 0 saturated carbocycles. The number of allylic oxidation sites excluding steroid dienone is 8. The number of carbonyl (C=O) groups is 1. The van der Waals surface area contributed by atoms with Crippen LogP contribution in [0.2, 0.25) is 0 Å². The minimum Gasteiger partial charge on any atom is -0.337 e. The summed E-state index contributed by atoms with van der Waals surface area (Å²) in [5.41, 5.74) is 12.0. The molecule has 0 aliphatic heterocycles. The molecule has 0 heterocycles. The van der Waals surface area contributed by atoms with Crippen LogP contribution in [0.1, 0.15) is 109 Å². The first-order valence-corrected chi connectivity index (χ1v) is 14.1. The highest BCUT2D eigenvalue weighted by atomic mass is 16.2. The van der Waals surface area contributed by atoms with E-state index in [0.717, 1.165) is 50.5 Å². The largest absolute Gasteiger partial charge is 0.337 e. The number of hydrogen-bond acceptors (Lipinski definition) is 1. The average molecular weight is 500 g/mol. The normalized spacial score (nSPS) is 18.8. The molecule has 1 unspecified atom stereocenters. The lowest BCUT2D eigenvalue weighted by molar-refractivity contribution is -0.129. The average Bonchev–Trinajstić information content (AvgIpc) is 3.48. The van der Waals surface area contributed by atoms with E-state index in [1.165, 1.54) is 51.0 Å². The van der Waals surface area contributed by atoms with E-state index in [-0.39, 0.29) is 24.8 Å². The Bertz CT molecular complexity index is 1180. The Morgan fingerprint density at radius 1 is 1.14 bits per heavy atom. The SMILES string of the molecule is C.CCC/C=C(\CCC)c1cc2c(cc1C)CCC1=C2C(CC2=CCC=C2)C=C1C(=O)N(C)C(C)(C)C. The monoisotopic (exact) mass is 499 g/mol. The van der Waals surface area contributed by atoms with Crippen LogP contribution in [0.3, 0.4) is 0 Å². The number of fused-ring (bicyclic) bond motifs is 2. The molecule has 1 atom stereocenters. The third kappa shape index (κ3) is 5.95. The first-order chi connectivity index (χ1) is 17.2. The van der Waals surface area contributed by atoms with Gasteiger partial charge in [-0.15, -0.1) is 0 Å². The summed E-state index contributed by atoms with van der Waals surface area (Å²) < 4.78 is 0. The lowest BCUT2D eigenvalue weighted by atomic mass is 9.78. The van der Waals surface area contributed by atoms with Crippen LogP contribution in [0.15, 0.2) is 59.2 Å². The van der Waals surface area contributed by atoms with E-state index >= 15 is 0 Å². The summed E-state index contributed by atoms with van der Waals surface area (Å²) in [5.74, 6) is 0.420. The summed E-state index contributed by atoms with van der Waals surface area (Å²) in [4.78, 5) is 15.7. The van der Waals surface area contributed by atoms with Crippen LogP contribution in [0.4, 0.5) is 0 Å². The second-order valence-corrected chi connectivity index (χ2v) is 11.8. The molecule has 3 aliphatic rings. The van der Waals surface area contributed by atoms with Crippen molar-refractivity contribution < 1.29 is 4.79 Å². The number of rotatable bonds is 8. The van der Waals surface area contributed by atoms with Crippen LogP contribution in [0.5, 0.6) is 0 Å². The van der Waals surface area contributed by atoms with Crippen LogP contribution in [-0.2, 0) is 11.2 Å². The number of amides is 1. The van der Waals surface area contributed by atoms with Gasteiger partial charge in [-0.1, -0.05) is 76.1 Å². The van der Waals surface area contributed by atoms with E-state index in [1.54, 1.807) is 0 Å². The Morgan fingerprint density at radius 2 is 1.89 bits per heavy atom. The maximum Gasteiger partial charge on any atom is 0.254 e. The van der Waals surface area contributed by atoms with Gasteiger partial charge >= 0.3 is 0 Å². The minimum atomic E-state index is -0.205. The van der Waals surface area contributed by atoms with Crippen molar-refractivity contribution in [3.8, 4) is 0 Å². The van der Waals surface area contributed by atoms with Gasteiger partial charge in [0.05, 0.1) is 0 Å². The second-order valence-electron chi connectivity index (χ2n) is 11.8. The molecular weight excluding hydrogens is 450 g/mol. The van der Waals surface area contributed by atoms with Gasteiger partial charge in [-0.3, -0.25) is 4.79 Å². The van der Waals surface area contributed by atoms with Gasteiger partial charge in [-0.05, 0) is 111 Å². The molecule has 1 amide bonds. The van der Waals surface area contributed by atoms with Crippen LogP contribution in [-0.4, -0.2) is 23.4 Å². The van der Waals surface area contributed by atoms with E-state index in [1.807, 2.05) is 11.9 Å². The molecule has 0 N–H and O–H groups in total. The second kappa shape index (κ2) is 11.8. The maximum absolute atomic E-state index is 13.8. The van der Waals surface area contributed by atoms with Crippen molar-refractivity contribution in [3.05, 3.63) is 81.5 Å². The Morgan fingerprint density at radius 3 is 2.51 bits per heavy atom. The van der Waals surface area contributed by atoms with Gasteiger partial charge in [0.2, 0.25) is 0 Å². The molecule has 0 radical (unpaired) electrons. The van der Waals surface area contributed by atoms with E-state index in [4.69, 9.17) is 0 Å². The molecule has 0 saturated heterocycles. The Hall–Kier alpha value is -2.61. The standard InChI is InChI=1S/C34H45NO.CH4/c1-8-10-16-25(13-9-2)29-22-30-26(19-23(29)3)17-18-28-31(33(36)35(7)34(4,5)6)21-27(32(28)30)20-24-14-11-12-15-24;/h11,14-16,19,21-22,27H,8-10,12-13,17-18,20H2,1-7H3;1H4/b25-16+;. The zero-order valence-electron chi connectivity index (χ0n) is 23.6. The Labute approximate surface area is 226 Å². The smallest absolute Gasteiger partial charge is 0.254 e. The summed E-state index contributed by atoms with van der Waals surface area (Å²) in [6, 6.07) is 4.92. The third-order valence-corrected chi connectivity index (χ3v) is 8.16. The third-order valence-electron chi connectivity index (χ3n) is 8.16. The van der Waals surface area contributed by atoms with Gasteiger partial charge in [0.15, 0.2) is 0 Å². The van der Waals surface area contributed by atoms with Gasteiger partial charge in [0, 0.05) is 24.1 Å². The highest BCUT2D eigenvalue weighted by Crippen LogP contribution is 2.49. The van der Waals surface area contributed by atoms with Gasteiger partial charge in [-0.2, -0.15) is 0 Å². The molecule has 0 bridgehead atoms. The molecule has 1 aromatic carbocycles. The van der Waals surface area contributed by atoms with Crippen LogP contribution in [0, 0.1) is 12.8 Å². The zero-order valence-corrected chi connectivity index (χ0v) is 23.6. The van der Waals surface area contributed by atoms with Crippen molar-refractivity contribution in [2.75, 3.05) is 7.05 Å². The molecule has 1 aromatic rings. The van der Waals surface area contributed by atoms with Crippen molar-refractivity contribution in [2.24, 2.45) is 5.92 Å². The molecule has 0 fully saturated rings. The van der Waals surface area contributed by atoms with Crippen molar-refractivity contribution in [2.45, 2.75) is 106 Å². The number of hydrogen-bond donors (Lipinski definition) is 0. The summed E-state index contributed by atoms with van der Waals surface area (Å²) in [6.07, 6.45) is 20.2. The summed E-state index contributed by atoms with van der Waals surface area (Å²) in [7, 11) is 1.95. The number of aryl methyl sites for hydroxylation is 2. The molecule has 0 spiro atoms. The Balaban J connectivity index is 0.00000380. The van der Waals surface area contributed by atoms with Crippen molar-refractivity contribution in [1.29, 1.82) is 0 Å². The summed E-state index contributed by atoms with van der Waals surface area (Å²) in [5, 5.41) is 0. The number of unbranched alkanes of at least 4 members (excludes halogenated alkanes) is 1. The fourth-order valence-corrected chi connectivity index (χ4v) is 5.91. The molecule has 2 nitrogen and oxygen atoms in total. The topological polar surface area (TPSA) is 20.3 Å². The maximum atomic E-state index is 13.8. The quantitative estimate of drug-likeness (QED) is 0.349. The molecule has 4 rings (SSSR count). The van der Waals surface area contributed by atoms with Crippen LogP contribution < -0.4 is 0 Å². The number of nitrogens with zero attached hydrogens (tertiary/aromatic N) is 1. The lowest BCUT2D eigenvalue weighted by Gasteiger charge is -2.33. The lowest BCUT2D eigenvalue weighted by Crippen LogP contribution is -2.43. The molecule has 37 heavy (non-hydrogen) atoms. The molecule has 0 aromatic heterocycles. The van der Waals surface area contributed by atoms with Crippen molar-refractivity contribution in [1.82, 2.24) is 4.90 Å². The van der Waals surface area contributed by atoms with Gasteiger partial charge < -0.3 is 4.90 Å². The predicted molar refractivity (Wildman–Crippen MR) is 161 cm³/mol. The summed E-state index contributed by atoms with van der Waals surface area (Å²) in [6.45, 7) is 13.2. The van der Waals surface area contributed by atoms with Gasteiger partial charge in [0.25, 0.3) is 5.91 Å². The van der Waals surface area contributed by atoms with Gasteiger partial charge in [-0.25, -0.2) is 0 Å². The first kappa shape index (κ1) is 29.0. The number of carbonyl (C=O) groups excluding carboxylic acids is 1. The van der Waals surface area contributed by atoms with Gasteiger partial charge in [0.1, 0.15) is 0 Å². The van der Waals surface area contributed by atoms with E-state index < -0.39 is 0 Å².